The predicted molar refractivity (Wildman–Crippen MR) is 65.5 cm³/mol. The highest BCUT2D eigenvalue weighted by molar-refractivity contribution is 5.71. The number of nitro benzene ring substituents is 1. The molecule has 0 saturated carbocycles. The van der Waals surface area contributed by atoms with E-state index < -0.39 is 4.92 Å². The smallest absolute Gasteiger partial charge is 0.283 e. The van der Waals surface area contributed by atoms with Crippen molar-refractivity contribution >= 4 is 17.6 Å². The molecule has 0 fully saturated rings. The molecule has 18 heavy (non-hydrogen) atoms. The summed E-state index contributed by atoms with van der Waals surface area (Å²) in [5.41, 5.74) is 11.6. The van der Waals surface area contributed by atoms with Crippen LogP contribution in [0.1, 0.15) is 5.56 Å². The second-order valence-electron chi connectivity index (χ2n) is 3.60. The fraction of sp³-hybridized carbons (Fsp3) is 0.100. The van der Waals surface area contributed by atoms with Crippen LogP contribution in [0.4, 0.5) is 17.6 Å². The van der Waals surface area contributed by atoms with Crippen LogP contribution in [0.25, 0.3) is 11.4 Å². The molecular weight excluding hydrogens is 236 g/mol. The van der Waals surface area contributed by atoms with E-state index >= 15 is 0 Å². The Morgan fingerprint density at radius 2 is 1.78 bits per heavy atom. The van der Waals surface area contributed by atoms with E-state index in [1.165, 1.54) is 0 Å². The first-order valence-corrected chi connectivity index (χ1v) is 5.00. The summed E-state index contributed by atoms with van der Waals surface area (Å²) < 4.78 is 0. The molecule has 0 saturated heterocycles. The molecule has 0 aliphatic carbocycles. The lowest BCUT2D eigenvalue weighted by molar-refractivity contribution is -0.384. The Morgan fingerprint density at radius 3 is 2.33 bits per heavy atom. The molecule has 8 heteroatoms. The first-order chi connectivity index (χ1) is 8.49. The third-order valence-electron chi connectivity index (χ3n) is 2.33. The van der Waals surface area contributed by atoms with Gasteiger partial charge < -0.3 is 11.5 Å². The van der Waals surface area contributed by atoms with Crippen LogP contribution in [0.15, 0.2) is 18.2 Å². The molecule has 0 spiro atoms. The molecule has 2 aromatic rings. The van der Waals surface area contributed by atoms with Gasteiger partial charge in [0.2, 0.25) is 11.9 Å². The highest BCUT2D eigenvalue weighted by Crippen LogP contribution is 2.30. The Bertz CT molecular complexity index is 608. The summed E-state index contributed by atoms with van der Waals surface area (Å²) in [5.74, 6) is -0.0583. The van der Waals surface area contributed by atoms with Gasteiger partial charge in [-0.25, -0.2) is 0 Å². The number of nitrogens with two attached hydrogens (primary N) is 2. The highest BCUT2D eigenvalue weighted by atomic mass is 16.6. The first-order valence-electron chi connectivity index (χ1n) is 5.00. The number of para-hydroxylation sites is 1. The number of hydrogen-bond donors (Lipinski definition) is 2. The van der Waals surface area contributed by atoms with Gasteiger partial charge in [0.25, 0.3) is 5.69 Å². The molecule has 4 N–H and O–H groups in total. The summed E-state index contributed by atoms with van der Waals surface area (Å²) >= 11 is 0. The molecule has 1 aromatic heterocycles. The van der Waals surface area contributed by atoms with Gasteiger partial charge in [-0.2, -0.15) is 15.0 Å². The van der Waals surface area contributed by atoms with Crippen LogP contribution < -0.4 is 11.5 Å². The fourth-order valence-corrected chi connectivity index (χ4v) is 1.61. The van der Waals surface area contributed by atoms with Gasteiger partial charge >= 0.3 is 0 Å². The zero-order valence-electron chi connectivity index (χ0n) is 9.49. The third-order valence-corrected chi connectivity index (χ3v) is 2.33. The Kier molecular flexibility index (Phi) is 2.76. The number of rotatable bonds is 2. The summed E-state index contributed by atoms with van der Waals surface area (Å²) in [7, 11) is 0. The quantitative estimate of drug-likeness (QED) is 0.594. The van der Waals surface area contributed by atoms with E-state index in [9.17, 15) is 10.1 Å². The monoisotopic (exact) mass is 246 g/mol. The van der Waals surface area contributed by atoms with E-state index in [-0.39, 0.29) is 29.0 Å². The van der Waals surface area contributed by atoms with Crippen molar-refractivity contribution in [2.45, 2.75) is 6.92 Å². The Balaban J connectivity index is 2.71. The molecule has 0 radical (unpaired) electrons. The first kappa shape index (κ1) is 11.7. The summed E-state index contributed by atoms with van der Waals surface area (Å²) in [6.07, 6.45) is 0. The maximum atomic E-state index is 11.1. The lowest BCUT2D eigenvalue weighted by Gasteiger charge is -2.05. The molecule has 0 amide bonds. The van der Waals surface area contributed by atoms with Crippen LogP contribution in [0.5, 0.6) is 0 Å². The van der Waals surface area contributed by atoms with E-state index in [1.807, 2.05) is 0 Å². The number of aromatic nitrogens is 3. The number of benzene rings is 1. The average molecular weight is 246 g/mol. The molecule has 0 atom stereocenters. The molecule has 1 aromatic carbocycles. The van der Waals surface area contributed by atoms with Crippen LogP contribution >= 0.6 is 0 Å². The van der Waals surface area contributed by atoms with Crippen LogP contribution in [0.3, 0.4) is 0 Å². The van der Waals surface area contributed by atoms with E-state index in [0.717, 1.165) is 0 Å². The van der Waals surface area contributed by atoms with Crippen LogP contribution in [-0.4, -0.2) is 19.9 Å². The van der Waals surface area contributed by atoms with Gasteiger partial charge in [0, 0.05) is 5.56 Å². The van der Waals surface area contributed by atoms with Gasteiger partial charge in [-0.3, -0.25) is 10.1 Å². The molecular formula is C10H10N6O2. The van der Waals surface area contributed by atoms with Gasteiger partial charge in [-0.15, -0.1) is 0 Å². The van der Waals surface area contributed by atoms with Gasteiger partial charge in [-0.05, 0) is 13.0 Å². The fourth-order valence-electron chi connectivity index (χ4n) is 1.61. The number of nitro groups is 1. The topological polar surface area (TPSA) is 134 Å². The highest BCUT2D eigenvalue weighted by Gasteiger charge is 2.20. The lowest BCUT2D eigenvalue weighted by Crippen LogP contribution is -2.05. The van der Waals surface area contributed by atoms with Crippen LogP contribution in [-0.2, 0) is 0 Å². The van der Waals surface area contributed by atoms with Crippen molar-refractivity contribution in [1.82, 2.24) is 15.0 Å². The zero-order chi connectivity index (χ0) is 13.3. The Morgan fingerprint density at radius 1 is 1.17 bits per heavy atom. The molecule has 0 bridgehead atoms. The molecule has 0 aliphatic rings. The van der Waals surface area contributed by atoms with Crippen molar-refractivity contribution < 1.29 is 4.92 Å². The number of nitrogen functional groups attached to an aromatic ring is 2. The molecule has 8 nitrogen and oxygen atoms in total. The third kappa shape index (κ3) is 2.03. The molecule has 2 rings (SSSR count). The van der Waals surface area contributed by atoms with Crippen molar-refractivity contribution in [3.05, 3.63) is 33.9 Å². The molecule has 0 aliphatic heterocycles. The van der Waals surface area contributed by atoms with E-state index in [2.05, 4.69) is 15.0 Å². The van der Waals surface area contributed by atoms with Gasteiger partial charge in [0.05, 0.1) is 10.5 Å². The minimum Gasteiger partial charge on any atom is -0.368 e. The van der Waals surface area contributed by atoms with Crippen molar-refractivity contribution in [1.29, 1.82) is 0 Å². The molecule has 0 unspecified atom stereocenters. The lowest BCUT2D eigenvalue weighted by atomic mass is 10.1. The Labute approximate surface area is 102 Å². The number of aryl methyl sites for hydroxylation is 1. The predicted octanol–water partition coefficient (Wildman–Crippen LogP) is 0.920. The normalized spacial score (nSPS) is 10.3. The van der Waals surface area contributed by atoms with Crippen molar-refractivity contribution in [3.63, 3.8) is 0 Å². The van der Waals surface area contributed by atoms with Crippen molar-refractivity contribution in [2.75, 3.05) is 11.5 Å². The van der Waals surface area contributed by atoms with E-state index in [4.69, 9.17) is 11.5 Å². The van der Waals surface area contributed by atoms with Crippen molar-refractivity contribution in [3.8, 4) is 11.4 Å². The molecule has 92 valence electrons. The zero-order valence-corrected chi connectivity index (χ0v) is 9.49. The van der Waals surface area contributed by atoms with E-state index in [1.54, 1.807) is 25.1 Å². The number of hydrogen-bond acceptors (Lipinski definition) is 7. The maximum absolute atomic E-state index is 11.1. The van der Waals surface area contributed by atoms with Gasteiger partial charge in [0.15, 0.2) is 5.82 Å². The number of anilines is 2. The SMILES string of the molecule is Cc1cccc(-c2nc(N)nc(N)n2)c1[N+](=O)[O-]. The summed E-state index contributed by atoms with van der Waals surface area (Å²) in [4.78, 5) is 21.9. The summed E-state index contributed by atoms with van der Waals surface area (Å²) in [6, 6.07) is 4.85. The molecule has 1 heterocycles. The minimum absolute atomic E-state index is 0.0671. The second-order valence-corrected chi connectivity index (χ2v) is 3.60. The van der Waals surface area contributed by atoms with Crippen LogP contribution in [0.2, 0.25) is 0 Å². The summed E-state index contributed by atoms with van der Waals surface area (Å²) in [6.45, 7) is 1.63. The summed E-state index contributed by atoms with van der Waals surface area (Å²) in [5, 5.41) is 11.1. The average Bonchev–Trinajstić information content (AvgIpc) is 2.26. The van der Waals surface area contributed by atoms with Crippen LogP contribution in [0, 0.1) is 17.0 Å². The van der Waals surface area contributed by atoms with Gasteiger partial charge in [-0.1, -0.05) is 12.1 Å². The maximum Gasteiger partial charge on any atom is 0.283 e. The number of nitrogens with zero attached hydrogens (tertiary/aromatic N) is 4. The minimum atomic E-state index is -0.485. The second kappa shape index (κ2) is 4.24. The Hall–Kier alpha value is -2.77. The van der Waals surface area contributed by atoms with Crippen molar-refractivity contribution in [2.24, 2.45) is 0 Å². The largest absolute Gasteiger partial charge is 0.368 e. The van der Waals surface area contributed by atoms with Gasteiger partial charge in [0.1, 0.15) is 0 Å². The van der Waals surface area contributed by atoms with E-state index in [0.29, 0.717) is 5.56 Å². The standard InChI is InChI=1S/C10H10N6O2/c1-5-3-2-4-6(7(5)16(17)18)8-13-9(11)15-10(12)14-8/h2-4H,1H3,(H4,11,12,13,14,15).